The maximum atomic E-state index is 16.0. The molecule has 43 nitrogen and oxygen atoms in total. The zero-order valence-corrected chi connectivity index (χ0v) is 82.1. The van der Waals surface area contributed by atoms with E-state index in [1.165, 1.54) is 63.1 Å². The Labute approximate surface area is 822 Å². The molecule has 8 rings (SSSR count). The Bertz CT molecular complexity index is 5370. The number of phenolic OH excluding ortho intramolecular Hbond substituents is 1. The number of likely N-dealkylation sites (N-methyl/N-ethyl adjacent to an activating group) is 3. The third kappa shape index (κ3) is 31.7. The topological polar surface area (TPSA) is 641 Å². The van der Waals surface area contributed by atoms with Crippen molar-refractivity contribution in [1.29, 1.82) is 0 Å². The predicted octanol–water partition coefficient (Wildman–Crippen LogP) is -1.04. The number of thioether (sulfide) groups is 1. The van der Waals surface area contributed by atoms with Crippen LogP contribution in [-0.4, -0.2) is 323 Å². The number of phenols is 1. The van der Waals surface area contributed by atoms with E-state index in [4.69, 9.17) is 23.6 Å². The molecule has 16 amide bonds. The number of rotatable bonds is 29. The van der Waals surface area contributed by atoms with Crippen molar-refractivity contribution in [2.75, 3.05) is 65.4 Å². The van der Waals surface area contributed by atoms with Crippen LogP contribution >= 0.6 is 11.8 Å². The van der Waals surface area contributed by atoms with Crippen LogP contribution < -0.4 is 70.4 Å². The second-order valence-corrected chi connectivity index (χ2v) is 38.0. The van der Waals surface area contributed by atoms with Crippen LogP contribution in [0.4, 0.5) is 0 Å². The number of aliphatic carboxylic acids is 2. The van der Waals surface area contributed by atoms with Gasteiger partial charge in [-0.1, -0.05) is 116 Å². The van der Waals surface area contributed by atoms with Gasteiger partial charge in [-0.25, -0.2) is 4.79 Å². The number of unbranched alkanes of at least 4 members (excludes halogenated alkanes) is 2. The molecular formula is C97H136N20O23S. The van der Waals surface area contributed by atoms with Crippen molar-refractivity contribution in [2.45, 2.75) is 261 Å². The lowest BCUT2D eigenvalue weighted by Gasteiger charge is -2.36. The lowest BCUT2D eigenvalue weighted by Crippen LogP contribution is -2.61. The smallest absolute Gasteiger partial charge is 0.327 e. The lowest BCUT2D eigenvalue weighted by atomic mass is 9.90. The van der Waals surface area contributed by atoms with Gasteiger partial charge in [0.2, 0.25) is 94.5 Å². The molecule has 3 aliphatic rings. The Kier molecular flexibility index (Phi) is 43.0. The Morgan fingerprint density at radius 2 is 1.18 bits per heavy atom. The van der Waals surface area contributed by atoms with E-state index in [1.54, 1.807) is 82.4 Å². The number of nitrogens with two attached hydrogens (primary N) is 3. The number of aliphatic hydroxyl groups excluding tert-OH is 1. The molecular weight excluding hydrogens is 1850 g/mol. The van der Waals surface area contributed by atoms with Gasteiger partial charge in [-0.15, -0.1) is 24.1 Å². The third-order valence-electron chi connectivity index (χ3n) is 25.3. The van der Waals surface area contributed by atoms with Gasteiger partial charge < -0.3 is 125 Å². The summed E-state index contributed by atoms with van der Waals surface area (Å²) >= 11 is 0.724. The van der Waals surface area contributed by atoms with Crippen LogP contribution in [0.25, 0.3) is 21.8 Å². The SMILES string of the molecule is C#CC[C@H](NC(=O)CNC(=O)[C@@H]1CSCC(=O)N[C@@H](Cc2ccc(O)cc2)C(=O)N(C)[C@@H](C)C(=O)N[C@@H](CC(N)=O)C(=O)N2CCC[C@H]2C(=O)N[C@@H](CN)C(=O)N[C@@H](CC(C)C)C(=O)N2C[C@H](O)C[C@H]2C(=O)CC(Cc2c[nH]c3ccccc23)C(=O)N[C@@H](CCN)C(=O)N[C@@H](Cc2cn(CC(=O)O)c3ccccc23)C(=O)N(C)[C@@H](CCCC)C(=O)N(C)[C@@H](CCCC)C(=O)N[C@@H](CC(C)C)C(=O)N1)C(=O)O. The number of benzene rings is 3. The van der Waals surface area contributed by atoms with Gasteiger partial charge in [0.05, 0.1) is 30.9 Å². The number of nitrogens with one attached hydrogen (secondary N) is 11. The van der Waals surface area contributed by atoms with Crippen LogP contribution in [0.3, 0.4) is 0 Å². The summed E-state index contributed by atoms with van der Waals surface area (Å²) < 4.78 is 1.44. The molecule has 5 heterocycles. The van der Waals surface area contributed by atoms with Crippen molar-refractivity contribution in [3.8, 4) is 18.1 Å². The summed E-state index contributed by atoms with van der Waals surface area (Å²) in [5.41, 5.74) is 20.6. The molecule has 0 radical (unpaired) electrons. The highest BCUT2D eigenvalue weighted by atomic mass is 32.2. The summed E-state index contributed by atoms with van der Waals surface area (Å²) in [6.45, 7) is 8.99. The highest BCUT2D eigenvalue weighted by Crippen LogP contribution is 2.31. The minimum absolute atomic E-state index is 0.0289. The molecule has 5 aromatic rings. The first-order valence-corrected chi connectivity index (χ1v) is 48.7. The number of fused-ring (bicyclic) bond motifs is 4. The number of aromatic hydroxyl groups is 1. The number of carboxylic acid groups (broad SMARTS) is 2. The van der Waals surface area contributed by atoms with Crippen LogP contribution in [0, 0.1) is 30.1 Å². The van der Waals surface area contributed by atoms with Crippen LogP contribution in [0.1, 0.15) is 161 Å². The third-order valence-corrected chi connectivity index (χ3v) is 26.3. The van der Waals surface area contributed by atoms with E-state index in [0.29, 0.717) is 64.2 Å². The molecule has 3 fully saturated rings. The van der Waals surface area contributed by atoms with Gasteiger partial charge in [0, 0.05) is 119 Å². The molecule has 0 spiro atoms. The first-order chi connectivity index (χ1) is 66.9. The van der Waals surface area contributed by atoms with Gasteiger partial charge in [0.15, 0.2) is 5.78 Å². The van der Waals surface area contributed by atoms with Gasteiger partial charge in [-0.2, -0.15) is 0 Å². The first-order valence-electron chi connectivity index (χ1n) is 47.6. The number of carbonyl (C=O) groups excluding carboxylic acids is 17. The number of aromatic amines is 1. The molecule has 3 aromatic carbocycles. The number of Topliss-reactive ketones (excluding diaryl/α,β-unsaturated/α-hetero) is 1. The molecule has 0 aliphatic carbocycles. The fourth-order valence-electron chi connectivity index (χ4n) is 17.6. The number of hydrogen-bond donors (Lipinski definition) is 18. The number of para-hydroxylation sites is 2. The van der Waals surface area contributed by atoms with E-state index in [2.05, 4.69) is 64.1 Å². The number of terminal acetylenes is 1. The second kappa shape index (κ2) is 53.7. The molecule has 768 valence electrons. The molecule has 44 heteroatoms. The van der Waals surface area contributed by atoms with Crippen molar-refractivity contribution >= 4 is 146 Å². The van der Waals surface area contributed by atoms with Crippen molar-refractivity contribution < 1.29 is 112 Å². The zero-order valence-electron chi connectivity index (χ0n) is 81.3. The highest BCUT2D eigenvalue weighted by Gasteiger charge is 2.47. The van der Waals surface area contributed by atoms with Crippen LogP contribution in [0.2, 0.25) is 0 Å². The van der Waals surface area contributed by atoms with Gasteiger partial charge in [0.25, 0.3) is 0 Å². The van der Waals surface area contributed by atoms with Crippen LogP contribution in [0.15, 0.2) is 85.2 Å². The van der Waals surface area contributed by atoms with Gasteiger partial charge >= 0.3 is 11.9 Å². The molecule has 0 saturated carbocycles. The van der Waals surface area contributed by atoms with E-state index in [1.807, 2.05) is 13.8 Å². The van der Waals surface area contributed by atoms with Gasteiger partial charge in [-0.05, 0) is 118 Å². The number of primary amides is 1. The van der Waals surface area contributed by atoms with Crippen LogP contribution in [-0.2, 0) is 117 Å². The number of H-pyrrole nitrogens is 1. The van der Waals surface area contributed by atoms with E-state index < -0.39 is 272 Å². The number of nitrogens with zero attached hydrogens (tertiary/aromatic N) is 6. The normalized spacial score (nSPS) is 24.5. The average Bonchev–Trinajstić information content (AvgIpc) is 1.55. The van der Waals surface area contributed by atoms with Crippen molar-refractivity contribution in [2.24, 2.45) is 35.0 Å². The molecule has 3 aliphatic heterocycles. The lowest BCUT2D eigenvalue weighted by molar-refractivity contribution is -0.149. The predicted molar refractivity (Wildman–Crippen MR) is 520 cm³/mol. The molecule has 1 unspecified atom stereocenters. The molecule has 0 bridgehead atoms. The second-order valence-electron chi connectivity index (χ2n) is 37.0. The summed E-state index contributed by atoms with van der Waals surface area (Å²) in [4.78, 5) is 286. The molecule has 141 heavy (non-hydrogen) atoms. The van der Waals surface area contributed by atoms with Gasteiger partial charge in [0.1, 0.15) is 90.8 Å². The number of amides is 16. The standard InChI is InChI=1S/C97H136N20O23S/c1-12-15-26-75-90(132)106-67(37-53(4)5)88(130)111-73(86(128)102-47-81(122)103-66(22-14-3)97(139)140)51-141-52-82(123)104-69(39-56-30-32-60(118)33-31-56)92(134)112(9)55(8)84(126)107-71(44-80(100)121)94(136)116-36-21-29-76(116)91(133)110-72(45-99)89(131)108-68(38-54(6)7)95(137)117-49-61(119)43-78(117)79(120)42-57(40-58-46-101-64-25-19-17-23-62(58)64)85(127)105-65(34-35-98)87(129)109-70(93(135)114(11)77(27-16-13-2)96(138)113(75)10)41-59-48-115(50-83(124)125)74-28-20-18-24-63(59)74/h3,17-20,23-25,28,30-33,46,48,53-55,57,61,65-73,75-78,101,118-119H,12-13,15-16,21-22,26-27,29,34-45,47,49-52,98-99H2,1-2,4-11H3,(H2,100,121)(H,102,128)(H,103,122)(H,104,123)(H,105,127)(H,106,132)(H,107,126)(H,108,131)(H,109,129)(H,110,133)(H,111,130)(H,124,125)(H,139,140)/t55-,57?,61+,65-,66-,67-,68-,69-,70-,71-,72-,73-,75-,76-,77-,78-/m0/s1. The highest BCUT2D eigenvalue weighted by molar-refractivity contribution is 8.00. The van der Waals surface area contributed by atoms with E-state index in [0.717, 1.165) is 36.3 Å². The molecule has 3 saturated heterocycles. The summed E-state index contributed by atoms with van der Waals surface area (Å²) in [6.07, 6.45) is 5.13. The first kappa shape index (κ1) is 113. The van der Waals surface area contributed by atoms with Gasteiger partial charge in [-0.3, -0.25) is 86.3 Å². The van der Waals surface area contributed by atoms with E-state index in [-0.39, 0.29) is 95.4 Å². The quantitative estimate of drug-likeness (QED) is 0.0254. The van der Waals surface area contributed by atoms with Crippen molar-refractivity contribution in [3.63, 3.8) is 0 Å². The number of hydrogen-bond acceptors (Lipinski definition) is 24. The Balaban J connectivity index is 1.22. The number of carboxylic acids is 2. The average molecular weight is 1980 g/mol. The molecule has 2 aromatic heterocycles. The fourth-order valence-corrected chi connectivity index (χ4v) is 18.5. The molecule has 16 atom stereocenters. The monoisotopic (exact) mass is 1980 g/mol. The Morgan fingerprint density at radius 3 is 1.82 bits per heavy atom. The number of aliphatic hydroxyl groups is 1. The van der Waals surface area contributed by atoms with E-state index in [9.17, 15) is 73.2 Å². The number of aromatic nitrogens is 2. The van der Waals surface area contributed by atoms with Crippen LogP contribution in [0.5, 0.6) is 5.75 Å². The largest absolute Gasteiger partial charge is 0.508 e. The maximum absolute atomic E-state index is 16.0. The number of carbonyl (C=O) groups is 19. The zero-order chi connectivity index (χ0) is 104. The molecule has 21 N–H and O–H groups in total. The van der Waals surface area contributed by atoms with Crippen molar-refractivity contribution in [1.82, 2.24) is 87.2 Å². The van der Waals surface area contributed by atoms with E-state index >= 15 is 38.4 Å². The summed E-state index contributed by atoms with van der Waals surface area (Å²) in [5.74, 6) is -19.9. The van der Waals surface area contributed by atoms with Crippen molar-refractivity contribution in [3.05, 3.63) is 102 Å². The fraction of sp³-hybridized carbons (Fsp3) is 0.557. The Hall–Kier alpha value is -13.5. The Morgan fingerprint density at radius 1 is 0.603 bits per heavy atom. The summed E-state index contributed by atoms with van der Waals surface area (Å²) in [5, 5.41) is 68.8. The summed E-state index contributed by atoms with van der Waals surface area (Å²) in [6, 6.07) is -2.46. The number of ketones is 1. The minimum atomic E-state index is -1.79. The minimum Gasteiger partial charge on any atom is -0.508 e. The maximum Gasteiger partial charge on any atom is 0.327 e. The summed E-state index contributed by atoms with van der Waals surface area (Å²) in [7, 11) is 3.86.